The van der Waals surface area contributed by atoms with Crippen molar-refractivity contribution in [1.29, 1.82) is 0 Å². The molecule has 0 saturated carbocycles. The number of alkyl halides is 3. The van der Waals surface area contributed by atoms with E-state index in [9.17, 15) is 35.1 Å². The second kappa shape index (κ2) is 6.02. The van der Waals surface area contributed by atoms with Crippen molar-refractivity contribution in [3.63, 3.8) is 0 Å². The third kappa shape index (κ3) is 3.06. The first-order chi connectivity index (χ1) is 10.9. The summed E-state index contributed by atoms with van der Waals surface area (Å²) in [6.07, 6.45) is -5.18. The summed E-state index contributed by atoms with van der Waals surface area (Å²) >= 11 is 0. The van der Waals surface area contributed by atoms with Gasteiger partial charge in [-0.2, -0.15) is 13.2 Å². The molecule has 2 rings (SSSR count). The van der Waals surface area contributed by atoms with Crippen LogP contribution in [0.4, 0.5) is 35.1 Å². The maximum atomic E-state index is 13.7. The lowest BCUT2D eigenvalue weighted by Crippen LogP contribution is -2.32. The van der Waals surface area contributed by atoms with Gasteiger partial charge >= 0.3 is 13.3 Å². The molecule has 2 N–H and O–H groups in total. The van der Waals surface area contributed by atoms with Crippen LogP contribution in [0, 0.1) is 29.1 Å². The van der Waals surface area contributed by atoms with Gasteiger partial charge in [0.25, 0.3) is 0 Å². The molecule has 0 amide bonds. The molecule has 0 aliphatic carbocycles. The molecule has 0 atom stereocenters. The highest BCUT2D eigenvalue weighted by molar-refractivity contribution is 6.58. The van der Waals surface area contributed by atoms with Crippen LogP contribution in [-0.4, -0.2) is 22.2 Å². The number of nitrogens with zero attached hydrogens (tertiary/aromatic N) is 1. The minimum atomic E-state index is -5.18. The zero-order valence-electron chi connectivity index (χ0n) is 11.1. The minimum absolute atomic E-state index is 0.153. The molecule has 1 aromatic heterocycles. The highest BCUT2D eigenvalue weighted by Crippen LogP contribution is 2.33. The van der Waals surface area contributed by atoms with Crippen molar-refractivity contribution in [1.82, 2.24) is 4.98 Å². The summed E-state index contributed by atoms with van der Waals surface area (Å²) in [7, 11) is -2.51. The van der Waals surface area contributed by atoms with Gasteiger partial charge in [-0.25, -0.2) is 26.9 Å². The SMILES string of the molecule is OB(O)c1cc(-c2c(F)c(F)c(F)c(F)c2F)nc(C(F)(F)F)c1. The molecule has 12 heteroatoms. The average molecular weight is 357 g/mol. The van der Waals surface area contributed by atoms with E-state index in [0.29, 0.717) is 6.07 Å². The van der Waals surface area contributed by atoms with Gasteiger partial charge in [-0.05, 0) is 17.6 Å². The van der Waals surface area contributed by atoms with Gasteiger partial charge in [0.2, 0.25) is 5.82 Å². The number of hydrogen-bond donors (Lipinski definition) is 2. The second-order valence-electron chi connectivity index (χ2n) is 4.49. The minimum Gasteiger partial charge on any atom is -0.423 e. The van der Waals surface area contributed by atoms with E-state index in [1.807, 2.05) is 0 Å². The fraction of sp³-hybridized carbons (Fsp3) is 0.0833. The predicted octanol–water partition coefficient (Wildman–Crippen LogP) is 2.14. The molecule has 3 nitrogen and oxygen atoms in total. The molecule has 0 unspecified atom stereocenters. The molecule has 0 radical (unpaired) electrons. The van der Waals surface area contributed by atoms with E-state index in [2.05, 4.69) is 4.98 Å². The second-order valence-corrected chi connectivity index (χ2v) is 4.49. The van der Waals surface area contributed by atoms with Gasteiger partial charge in [0.1, 0.15) is 5.69 Å². The first kappa shape index (κ1) is 18.1. The number of aromatic nitrogens is 1. The fourth-order valence-electron chi connectivity index (χ4n) is 1.80. The lowest BCUT2D eigenvalue weighted by molar-refractivity contribution is -0.141. The van der Waals surface area contributed by atoms with Crippen molar-refractivity contribution in [3.8, 4) is 11.3 Å². The maximum absolute atomic E-state index is 13.7. The summed E-state index contributed by atoms with van der Waals surface area (Å²) in [4.78, 5) is 2.81. The highest BCUT2D eigenvalue weighted by Gasteiger charge is 2.36. The largest absolute Gasteiger partial charge is 0.488 e. The van der Waals surface area contributed by atoms with Crippen LogP contribution in [-0.2, 0) is 6.18 Å². The van der Waals surface area contributed by atoms with Crippen molar-refractivity contribution in [2.75, 3.05) is 0 Å². The van der Waals surface area contributed by atoms with Gasteiger partial charge in [0, 0.05) is 0 Å². The van der Waals surface area contributed by atoms with Gasteiger partial charge in [0.05, 0.1) is 11.3 Å². The van der Waals surface area contributed by atoms with Gasteiger partial charge in [-0.1, -0.05) is 0 Å². The quantitative estimate of drug-likeness (QED) is 0.375. The Morgan fingerprint density at radius 1 is 0.792 bits per heavy atom. The van der Waals surface area contributed by atoms with Gasteiger partial charge < -0.3 is 10.0 Å². The Hall–Kier alpha value is -2.21. The molecule has 1 heterocycles. The fourth-order valence-corrected chi connectivity index (χ4v) is 1.80. The van der Waals surface area contributed by atoms with E-state index in [0.717, 1.165) is 0 Å². The molecule has 0 aliphatic heterocycles. The van der Waals surface area contributed by atoms with E-state index in [1.54, 1.807) is 0 Å². The Morgan fingerprint density at radius 3 is 1.67 bits per heavy atom. The Labute approximate surface area is 128 Å². The van der Waals surface area contributed by atoms with Crippen LogP contribution in [0.3, 0.4) is 0 Å². The summed E-state index contributed by atoms with van der Waals surface area (Å²) in [5.41, 5.74) is -5.75. The van der Waals surface area contributed by atoms with Gasteiger partial charge in [-0.3, -0.25) is 0 Å². The third-order valence-electron chi connectivity index (χ3n) is 2.90. The first-order valence-electron chi connectivity index (χ1n) is 5.92. The standard InChI is InChI=1S/C12H4BF8NO2/c14-7-6(8(15)10(17)11(18)9(7)16)4-1-3(13(23)24)2-5(22-4)12(19,20)21/h1-2,23-24H. The normalized spacial score (nSPS) is 11.8. The smallest absolute Gasteiger partial charge is 0.423 e. The molecule has 0 aliphatic rings. The van der Waals surface area contributed by atoms with Gasteiger partial charge in [-0.15, -0.1) is 0 Å². The van der Waals surface area contributed by atoms with E-state index >= 15 is 0 Å². The van der Waals surface area contributed by atoms with Crippen LogP contribution in [0.25, 0.3) is 11.3 Å². The topological polar surface area (TPSA) is 53.4 Å². The number of rotatable bonds is 2. The third-order valence-corrected chi connectivity index (χ3v) is 2.90. The molecule has 24 heavy (non-hydrogen) atoms. The summed E-state index contributed by atoms with van der Waals surface area (Å²) < 4.78 is 105. The van der Waals surface area contributed by atoms with E-state index < -0.39 is 64.8 Å². The van der Waals surface area contributed by atoms with E-state index in [4.69, 9.17) is 10.0 Å². The monoisotopic (exact) mass is 357 g/mol. The molecule has 1 aromatic carbocycles. The number of benzene rings is 1. The summed E-state index contributed by atoms with van der Waals surface area (Å²) in [6.45, 7) is 0. The molecule has 2 aromatic rings. The van der Waals surface area contributed by atoms with Crippen LogP contribution < -0.4 is 5.46 Å². The number of hydrogen-bond acceptors (Lipinski definition) is 3. The van der Waals surface area contributed by atoms with Gasteiger partial charge in [0.15, 0.2) is 23.3 Å². The Balaban J connectivity index is 2.85. The van der Waals surface area contributed by atoms with E-state index in [1.165, 1.54) is 0 Å². The van der Waals surface area contributed by atoms with E-state index in [-0.39, 0.29) is 6.07 Å². The number of pyridine rings is 1. The zero-order chi connectivity index (χ0) is 18.4. The maximum Gasteiger partial charge on any atom is 0.488 e. The molecule has 0 fully saturated rings. The van der Waals surface area contributed by atoms with Crippen molar-refractivity contribution < 1.29 is 45.2 Å². The Morgan fingerprint density at radius 2 is 1.25 bits per heavy atom. The van der Waals surface area contributed by atoms with Crippen molar-refractivity contribution in [2.45, 2.75) is 6.18 Å². The summed E-state index contributed by atoms with van der Waals surface area (Å²) in [5.74, 6) is -12.1. The van der Waals surface area contributed by atoms with Crippen LogP contribution in [0.15, 0.2) is 12.1 Å². The predicted molar refractivity (Wildman–Crippen MR) is 64.3 cm³/mol. The van der Waals surface area contributed by atoms with Crippen LogP contribution >= 0.6 is 0 Å². The molecular formula is C12H4BF8NO2. The van der Waals surface area contributed by atoms with Crippen molar-refractivity contribution in [3.05, 3.63) is 46.9 Å². The zero-order valence-corrected chi connectivity index (χ0v) is 11.1. The average Bonchev–Trinajstić information content (AvgIpc) is 2.50. The molecule has 0 bridgehead atoms. The molecule has 0 spiro atoms. The molecule has 128 valence electrons. The number of halogens is 8. The van der Waals surface area contributed by atoms with Crippen LogP contribution in [0.2, 0.25) is 0 Å². The highest BCUT2D eigenvalue weighted by atomic mass is 19.4. The molecular weight excluding hydrogens is 353 g/mol. The van der Waals surface area contributed by atoms with Crippen LogP contribution in [0.1, 0.15) is 5.69 Å². The van der Waals surface area contributed by atoms with Crippen LogP contribution in [0.5, 0.6) is 0 Å². The summed E-state index contributed by atoms with van der Waals surface area (Å²) in [5, 5.41) is 17.9. The van der Waals surface area contributed by atoms with Crippen molar-refractivity contribution in [2.24, 2.45) is 0 Å². The van der Waals surface area contributed by atoms with Crippen molar-refractivity contribution >= 4 is 12.6 Å². The summed E-state index contributed by atoms with van der Waals surface area (Å²) in [6, 6.07) is 0.512. The first-order valence-corrected chi connectivity index (χ1v) is 5.92. The lowest BCUT2D eigenvalue weighted by Gasteiger charge is -2.13. The Bertz CT molecular complexity index is 780. The lowest BCUT2D eigenvalue weighted by atomic mass is 9.79. The molecule has 0 saturated heterocycles. The Kier molecular flexibility index (Phi) is 4.55.